The van der Waals surface area contributed by atoms with Crippen LogP contribution in [0.15, 0.2) is 12.4 Å². The highest BCUT2D eigenvalue weighted by Crippen LogP contribution is 2.16. The highest BCUT2D eigenvalue weighted by atomic mass is 15.2. The quantitative estimate of drug-likeness (QED) is 0.808. The molecule has 0 aliphatic rings. The molecule has 1 rings (SSSR count). The summed E-state index contributed by atoms with van der Waals surface area (Å²) in [5, 5.41) is 3.04. The van der Waals surface area contributed by atoms with Crippen LogP contribution >= 0.6 is 0 Å². The predicted octanol–water partition coefficient (Wildman–Crippen LogP) is 1.29. The fraction of sp³-hybridized carbons (Fsp3) is 0.667. The van der Waals surface area contributed by atoms with E-state index in [4.69, 9.17) is 0 Å². The van der Waals surface area contributed by atoms with Gasteiger partial charge in [-0.3, -0.25) is 0 Å². The monoisotopic (exact) mass is 237 g/mol. The summed E-state index contributed by atoms with van der Waals surface area (Å²) < 4.78 is 0. The molecule has 5 heteroatoms. The van der Waals surface area contributed by atoms with Crippen molar-refractivity contribution >= 4 is 11.6 Å². The van der Waals surface area contributed by atoms with Gasteiger partial charge in [-0.15, -0.1) is 0 Å². The maximum absolute atomic E-state index is 4.34. The van der Waals surface area contributed by atoms with E-state index < -0.39 is 0 Å². The van der Waals surface area contributed by atoms with Gasteiger partial charge in [0.2, 0.25) is 0 Å². The lowest BCUT2D eigenvalue weighted by Gasteiger charge is -2.31. The van der Waals surface area contributed by atoms with Crippen LogP contribution in [-0.2, 0) is 0 Å². The molecule has 1 heterocycles. The molecule has 1 aromatic rings. The summed E-state index contributed by atoms with van der Waals surface area (Å²) in [4.78, 5) is 12.9. The molecule has 1 unspecified atom stereocenters. The average Bonchev–Trinajstić information content (AvgIpc) is 2.29. The molecule has 5 nitrogen and oxygen atoms in total. The molecular weight excluding hydrogens is 214 g/mol. The fourth-order valence-corrected chi connectivity index (χ4v) is 1.97. The van der Waals surface area contributed by atoms with Crippen molar-refractivity contribution in [1.82, 2.24) is 14.9 Å². The summed E-state index contributed by atoms with van der Waals surface area (Å²) in [5.74, 6) is 1.83. The molecule has 0 aromatic carbocycles. The topological polar surface area (TPSA) is 44.3 Å². The molecule has 0 saturated carbocycles. The smallest absolute Gasteiger partial charge is 0.134 e. The minimum atomic E-state index is 0.426. The number of nitrogens with one attached hydrogen (secondary N) is 1. The Hall–Kier alpha value is -1.36. The van der Waals surface area contributed by atoms with Crippen LogP contribution in [0.5, 0.6) is 0 Å². The first-order valence-corrected chi connectivity index (χ1v) is 5.99. The second-order valence-electron chi connectivity index (χ2n) is 4.41. The van der Waals surface area contributed by atoms with Crippen LogP contribution in [0.25, 0.3) is 0 Å². The second-order valence-corrected chi connectivity index (χ2v) is 4.41. The molecule has 0 amide bonds. The lowest BCUT2D eigenvalue weighted by molar-refractivity contribution is 0.372. The fourth-order valence-electron chi connectivity index (χ4n) is 1.97. The van der Waals surface area contributed by atoms with Gasteiger partial charge in [0, 0.05) is 32.2 Å². The minimum Gasteiger partial charge on any atom is -0.373 e. The summed E-state index contributed by atoms with van der Waals surface area (Å²) in [5.41, 5.74) is 0. The first kappa shape index (κ1) is 13.7. The Morgan fingerprint density at radius 1 is 1.35 bits per heavy atom. The van der Waals surface area contributed by atoms with Gasteiger partial charge < -0.3 is 15.1 Å². The molecule has 0 aliphatic heterocycles. The van der Waals surface area contributed by atoms with Gasteiger partial charge in [0.1, 0.15) is 18.0 Å². The van der Waals surface area contributed by atoms with Gasteiger partial charge in [-0.1, -0.05) is 0 Å². The lowest BCUT2D eigenvalue weighted by atomic mass is 10.2. The van der Waals surface area contributed by atoms with Crippen molar-refractivity contribution in [3.05, 3.63) is 12.4 Å². The highest BCUT2D eigenvalue weighted by Gasteiger charge is 2.15. The van der Waals surface area contributed by atoms with E-state index in [0.29, 0.717) is 6.04 Å². The van der Waals surface area contributed by atoms with E-state index in [0.717, 1.165) is 24.7 Å². The number of anilines is 2. The summed E-state index contributed by atoms with van der Waals surface area (Å²) in [6, 6.07) is 2.41. The van der Waals surface area contributed by atoms with Crippen LogP contribution in [0.1, 0.15) is 13.8 Å². The first-order chi connectivity index (χ1) is 8.08. The molecule has 0 bridgehead atoms. The largest absolute Gasteiger partial charge is 0.373 e. The molecule has 17 heavy (non-hydrogen) atoms. The Balaban J connectivity index is 2.84. The third-order valence-corrected chi connectivity index (χ3v) is 2.71. The van der Waals surface area contributed by atoms with Crippen molar-refractivity contribution in [1.29, 1.82) is 0 Å². The van der Waals surface area contributed by atoms with E-state index in [1.807, 2.05) is 13.1 Å². The van der Waals surface area contributed by atoms with Crippen LogP contribution in [0, 0.1) is 0 Å². The van der Waals surface area contributed by atoms with Crippen LogP contribution in [0.2, 0.25) is 0 Å². The molecule has 0 aliphatic carbocycles. The maximum atomic E-state index is 4.34. The van der Waals surface area contributed by atoms with Crippen molar-refractivity contribution < 1.29 is 0 Å². The Kier molecular flexibility index (Phi) is 5.15. The van der Waals surface area contributed by atoms with E-state index >= 15 is 0 Å². The van der Waals surface area contributed by atoms with Crippen LogP contribution in [-0.4, -0.2) is 55.1 Å². The Morgan fingerprint density at radius 2 is 2.06 bits per heavy atom. The molecule has 1 atom stereocenters. The molecule has 0 radical (unpaired) electrons. The Labute approximate surface area is 104 Å². The van der Waals surface area contributed by atoms with Crippen molar-refractivity contribution in [2.24, 2.45) is 0 Å². The molecule has 1 aromatic heterocycles. The van der Waals surface area contributed by atoms with E-state index in [1.54, 1.807) is 6.33 Å². The van der Waals surface area contributed by atoms with Gasteiger partial charge in [-0.25, -0.2) is 9.97 Å². The standard InChI is InChI=1S/C12H23N5/c1-6-17(10(2)8-16(4)5)12-7-11(13-3)14-9-15-12/h7,9-10H,6,8H2,1-5H3,(H,13,14,15). The van der Waals surface area contributed by atoms with Gasteiger partial charge in [0.05, 0.1) is 0 Å². The van der Waals surface area contributed by atoms with Gasteiger partial charge in [0.15, 0.2) is 0 Å². The first-order valence-electron chi connectivity index (χ1n) is 5.99. The van der Waals surface area contributed by atoms with Crippen molar-refractivity contribution in [2.45, 2.75) is 19.9 Å². The highest BCUT2D eigenvalue weighted by molar-refractivity contribution is 5.48. The van der Waals surface area contributed by atoms with Gasteiger partial charge in [-0.05, 0) is 27.9 Å². The van der Waals surface area contributed by atoms with Crippen molar-refractivity contribution in [3.8, 4) is 0 Å². The van der Waals surface area contributed by atoms with Crippen molar-refractivity contribution in [2.75, 3.05) is 44.4 Å². The predicted molar refractivity (Wildman–Crippen MR) is 72.6 cm³/mol. The number of hydrogen-bond acceptors (Lipinski definition) is 5. The third-order valence-electron chi connectivity index (χ3n) is 2.71. The normalized spacial score (nSPS) is 12.6. The molecular formula is C12H23N5. The van der Waals surface area contributed by atoms with Gasteiger partial charge in [-0.2, -0.15) is 0 Å². The molecule has 0 saturated heterocycles. The van der Waals surface area contributed by atoms with Crippen molar-refractivity contribution in [3.63, 3.8) is 0 Å². The molecule has 96 valence electrons. The van der Waals surface area contributed by atoms with E-state index in [2.05, 4.69) is 53.0 Å². The number of aromatic nitrogens is 2. The summed E-state index contributed by atoms with van der Waals surface area (Å²) in [6.45, 7) is 6.31. The third kappa shape index (κ3) is 3.85. The van der Waals surface area contributed by atoms with E-state index in [9.17, 15) is 0 Å². The zero-order valence-corrected chi connectivity index (χ0v) is 11.4. The number of rotatable bonds is 6. The van der Waals surface area contributed by atoms with Crippen LogP contribution in [0.3, 0.4) is 0 Å². The Bertz CT molecular complexity index is 339. The summed E-state index contributed by atoms with van der Waals surface area (Å²) in [6.07, 6.45) is 1.60. The Morgan fingerprint density at radius 3 is 2.59 bits per heavy atom. The minimum absolute atomic E-state index is 0.426. The molecule has 1 N–H and O–H groups in total. The lowest BCUT2D eigenvalue weighted by Crippen LogP contribution is -2.40. The zero-order valence-electron chi connectivity index (χ0n) is 11.4. The van der Waals surface area contributed by atoms with Gasteiger partial charge in [0.25, 0.3) is 0 Å². The van der Waals surface area contributed by atoms with E-state index in [1.165, 1.54) is 0 Å². The van der Waals surface area contributed by atoms with Crippen LogP contribution in [0.4, 0.5) is 11.6 Å². The summed E-state index contributed by atoms with van der Waals surface area (Å²) >= 11 is 0. The number of likely N-dealkylation sites (N-methyl/N-ethyl adjacent to an activating group) is 2. The zero-order chi connectivity index (χ0) is 12.8. The van der Waals surface area contributed by atoms with Crippen LogP contribution < -0.4 is 10.2 Å². The SMILES string of the molecule is CCN(c1cc(NC)ncn1)C(C)CN(C)C. The molecule has 0 spiro atoms. The average molecular weight is 237 g/mol. The number of nitrogens with zero attached hydrogens (tertiary/aromatic N) is 4. The van der Waals surface area contributed by atoms with E-state index in [-0.39, 0.29) is 0 Å². The second kappa shape index (κ2) is 6.39. The molecule has 0 fully saturated rings. The van der Waals surface area contributed by atoms with Gasteiger partial charge >= 0.3 is 0 Å². The number of hydrogen-bond donors (Lipinski definition) is 1. The maximum Gasteiger partial charge on any atom is 0.134 e. The summed E-state index contributed by atoms with van der Waals surface area (Å²) in [7, 11) is 6.04.